The smallest absolute Gasteiger partial charge is 0.407 e. The van der Waals surface area contributed by atoms with Crippen LogP contribution in [0.5, 0.6) is 5.75 Å². The molecule has 1 unspecified atom stereocenters. The van der Waals surface area contributed by atoms with E-state index in [4.69, 9.17) is 16.3 Å². The Hall–Kier alpha value is -2.09. The lowest BCUT2D eigenvalue weighted by Gasteiger charge is -2.23. The zero-order chi connectivity index (χ0) is 26.5. The molecule has 0 saturated carbocycles. The fourth-order valence-electron chi connectivity index (χ4n) is 3.62. The fourth-order valence-corrected chi connectivity index (χ4v) is 5.91. The number of aromatic nitrogens is 1. The molecule has 4 rings (SSSR count). The van der Waals surface area contributed by atoms with Gasteiger partial charge < -0.3 is 20.3 Å². The fraction of sp³-hybridized carbons (Fsp3) is 0.292. The van der Waals surface area contributed by atoms with Crippen molar-refractivity contribution in [2.45, 2.75) is 32.5 Å². The summed E-state index contributed by atoms with van der Waals surface area (Å²) in [6.07, 6.45) is -0.929. The quantitative estimate of drug-likeness (QED) is 0.196. The maximum atomic E-state index is 12.3. The Balaban J connectivity index is 1.26. The van der Waals surface area contributed by atoms with Crippen LogP contribution in [0.3, 0.4) is 0 Å². The van der Waals surface area contributed by atoms with Gasteiger partial charge >= 0.3 is 6.09 Å². The second-order valence-electron chi connectivity index (χ2n) is 8.15. The van der Waals surface area contributed by atoms with Crippen LogP contribution in [-0.4, -0.2) is 54.5 Å². The van der Waals surface area contributed by atoms with Crippen LogP contribution in [-0.2, 0) is 24.4 Å². The lowest BCUT2D eigenvalue weighted by molar-refractivity contribution is -0.0303. The van der Waals surface area contributed by atoms with Crippen molar-refractivity contribution in [1.29, 1.82) is 0 Å². The Kier molecular flexibility index (Phi) is 9.54. The largest absolute Gasteiger partial charge is 0.505 e. The predicted octanol–water partition coefficient (Wildman–Crippen LogP) is 5.68. The second kappa shape index (κ2) is 12.6. The van der Waals surface area contributed by atoms with Gasteiger partial charge in [-0.05, 0) is 51.7 Å². The van der Waals surface area contributed by atoms with Crippen LogP contribution in [0, 0.1) is 0 Å². The van der Waals surface area contributed by atoms with Crippen molar-refractivity contribution in [3.8, 4) is 5.75 Å². The molecule has 1 saturated heterocycles. The minimum atomic E-state index is -0.999. The van der Waals surface area contributed by atoms with E-state index in [1.54, 1.807) is 22.5 Å². The molecule has 1 fully saturated rings. The summed E-state index contributed by atoms with van der Waals surface area (Å²) in [5.41, 5.74) is 2.58. The maximum Gasteiger partial charge on any atom is 0.407 e. The summed E-state index contributed by atoms with van der Waals surface area (Å²) in [6.45, 7) is 0.976. The average Bonchev–Trinajstić information content (AvgIpc) is 3.16. The number of hydrogen-bond acceptors (Lipinski definition) is 8. The van der Waals surface area contributed by atoms with Crippen molar-refractivity contribution in [1.82, 2.24) is 19.5 Å². The molecule has 1 atom stereocenters. The first-order valence-corrected chi connectivity index (χ1v) is 14.1. The summed E-state index contributed by atoms with van der Waals surface area (Å²) < 4.78 is 8.17. The Morgan fingerprint density at radius 2 is 1.89 bits per heavy atom. The molecule has 1 aliphatic heterocycles. The van der Waals surface area contributed by atoms with Crippen molar-refractivity contribution < 1.29 is 24.5 Å². The number of fused-ring (bicyclic) bond motifs is 1. The highest BCUT2D eigenvalue weighted by Gasteiger charge is 2.37. The SMILES string of the molecule is O=C(NCc1ccc(CN2C(=O)SN(CCCCl)C2O)cc1)OCc1ccc2c(Br)cc(Br)c(O)c2n1. The minimum Gasteiger partial charge on any atom is -0.505 e. The van der Waals surface area contributed by atoms with E-state index in [9.17, 15) is 19.8 Å². The van der Waals surface area contributed by atoms with E-state index in [2.05, 4.69) is 42.2 Å². The third-order valence-corrected chi connectivity index (χ3v) is 8.08. The number of phenols is 1. The van der Waals surface area contributed by atoms with Gasteiger partial charge in [0.1, 0.15) is 12.1 Å². The zero-order valence-corrected chi connectivity index (χ0v) is 24.1. The number of rotatable bonds is 9. The molecule has 196 valence electrons. The molecule has 3 aromatic rings. The lowest BCUT2D eigenvalue weighted by Crippen LogP contribution is -2.38. The first-order chi connectivity index (χ1) is 17.8. The van der Waals surface area contributed by atoms with Gasteiger partial charge in [-0.15, -0.1) is 11.6 Å². The normalized spacial score (nSPS) is 15.9. The van der Waals surface area contributed by atoms with Gasteiger partial charge in [-0.25, -0.2) is 9.78 Å². The van der Waals surface area contributed by atoms with Crippen molar-refractivity contribution in [2.24, 2.45) is 0 Å². The van der Waals surface area contributed by atoms with E-state index in [1.165, 1.54) is 4.90 Å². The topological polar surface area (TPSA) is 115 Å². The lowest BCUT2D eigenvalue weighted by atomic mass is 10.1. The van der Waals surface area contributed by atoms with E-state index in [0.29, 0.717) is 34.5 Å². The van der Waals surface area contributed by atoms with Gasteiger partial charge in [0.2, 0.25) is 0 Å². The molecule has 1 aliphatic rings. The minimum absolute atomic E-state index is 0.0129. The molecular formula is C24H23Br2ClN4O5S. The number of nitrogens with one attached hydrogen (secondary N) is 1. The van der Waals surface area contributed by atoms with Crippen LogP contribution in [0.2, 0.25) is 0 Å². The third-order valence-electron chi connectivity index (χ3n) is 5.56. The highest BCUT2D eigenvalue weighted by Crippen LogP contribution is 2.36. The van der Waals surface area contributed by atoms with Crippen LogP contribution < -0.4 is 5.32 Å². The number of carbonyl (C=O) groups excluding carboxylic acids is 2. The third kappa shape index (κ3) is 6.87. The molecular weight excluding hydrogens is 652 g/mol. The molecule has 1 aromatic heterocycles. The Labute approximate surface area is 239 Å². The number of alkyl halides is 1. The number of halogens is 3. The molecule has 2 amide bonds. The van der Waals surface area contributed by atoms with E-state index in [0.717, 1.165) is 32.9 Å². The highest BCUT2D eigenvalue weighted by molar-refractivity contribution is 9.11. The molecule has 0 aliphatic carbocycles. The molecule has 0 bridgehead atoms. The van der Waals surface area contributed by atoms with Crippen LogP contribution in [0.4, 0.5) is 9.59 Å². The monoisotopic (exact) mass is 672 g/mol. The van der Waals surface area contributed by atoms with Gasteiger partial charge in [-0.2, -0.15) is 4.31 Å². The van der Waals surface area contributed by atoms with E-state index < -0.39 is 12.4 Å². The van der Waals surface area contributed by atoms with Crippen LogP contribution in [0.1, 0.15) is 23.2 Å². The summed E-state index contributed by atoms with van der Waals surface area (Å²) in [7, 11) is 0. The van der Waals surface area contributed by atoms with Crippen LogP contribution in [0.15, 0.2) is 51.4 Å². The van der Waals surface area contributed by atoms with Gasteiger partial charge in [-0.3, -0.25) is 9.69 Å². The Morgan fingerprint density at radius 3 is 2.62 bits per heavy atom. The van der Waals surface area contributed by atoms with Crippen molar-refractivity contribution in [3.63, 3.8) is 0 Å². The number of benzene rings is 2. The second-order valence-corrected chi connectivity index (χ2v) is 11.2. The number of amides is 2. The molecule has 2 aromatic carbocycles. The molecule has 3 N–H and O–H groups in total. The predicted molar refractivity (Wildman–Crippen MR) is 149 cm³/mol. The van der Waals surface area contributed by atoms with Crippen LogP contribution in [0.25, 0.3) is 10.9 Å². The van der Waals surface area contributed by atoms with Crippen molar-refractivity contribution in [2.75, 3.05) is 12.4 Å². The highest BCUT2D eigenvalue weighted by atomic mass is 79.9. The number of aliphatic hydroxyl groups excluding tert-OH is 1. The number of phenolic OH excluding ortho intramolecular Hbond substituents is 1. The summed E-state index contributed by atoms with van der Waals surface area (Å²) in [6, 6.07) is 12.6. The number of nitrogens with zero attached hydrogens (tertiary/aromatic N) is 3. The van der Waals surface area contributed by atoms with Gasteiger partial charge in [0.25, 0.3) is 5.24 Å². The summed E-state index contributed by atoms with van der Waals surface area (Å²) in [5, 5.41) is 23.9. The Bertz CT molecular complexity index is 1300. The number of carbonyl (C=O) groups is 2. The number of alkyl carbamates (subject to hydrolysis) is 1. The molecule has 13 heteroatoms. The average molecular weight is 675 g/mol. The van der Waals surface area contributed by atoms with Gasteiger partial charge in [0, 0.05) is 40.8 Å². The van der Waals surface area contributed by atoms with E-state index in [1.807, 2.05) is 24.3 Å². The van der Waals surface area contributed by atoms with Crippen molar-refractivity contribution in [3.05, 3.63) is 68.2 Å². The molecule has 0 spiro atoms. The zero-order valence-electron chi connectivity index (χ0n) is 19.4. The molecule has 2 heterocycles. The standard InChI is InChI=1S/C24H23Br2ClN4O5S/c25-18-10-19(26)21(32)20-17(18)7-6-16(29-20)13-36-22(33)28-11-14-2-4-15(5-3-14)12-30-23(34)31(9-1-8-27)37-24(30)35/h2-7,10,23,32,34H,1,8-9,11-13H2,(H,28,33). The van der Waals surface area contributed by atoms with Gasteiger partial charge in [-0.1, -0.05) is 40.2 Å². The number of hydrogen-bond donors (Lipinski definition) is 3. The molecule has 9 nitrogen and oxygen atoms in total. The van der Waals surface area contributed by atoms with Gasteiger partial charge in [0.15, 0.2) is 12.1 Å². The number of ether oxygens (including phenoxy) is 1. The van der Waals surface area contributed by atoms with Crippen molar-refractivity contribution >= 4 is 77.6 Å². The summed E-state index contributed by atoms with van der Waals surface area (Å²) in [4.78, 5) is 30.2. The van der Waals surface area contributed by atoms with Gasteiger partial charge in [0.05, 0.1) is 16.7 Å². The van der Waals surface area contributed by atoms with E-state index >= 15 is 0 Å². The summed E-state index contributed by atoms with van der Waals surface area (Å²) in [5.74, 6) is 0.473. The van der Waals surface area contributed by atoms with E-state index in [-0.39, 0.29) is 30.7 Å². The summed E-state index contributed by atoms with van der Waals surface area (Å²) >= 11 is 13.4. The van der Waals surface area contributed by atoms with Crippen LogP contribution >= 0.6 is 55.4 Å². The maximum absolute atomic E-state index is 12.3. The number of aliphatic hydroxyl groups is 1. The Morgan fingerprint density at radius 1 is 1.16 bits per heavy atom. The number of pyridine rings is 1. The number of aromatic hydroxyl groups is 1. The first kappa shape index (κ1) is 27.9. The molecule has 0 radical (unpaired) electrons. The molecule has 37 heavy (non-hydrogen) atoms. The first-order valence-electron chi connectivity index (χ1n) is 11.2.